The van der Waals surface area contributed by atoms with Crippen LogP contribution in [0, 0.1) is 0 Å². The predicted molar refractivity (Wildman–Crippen MR) is 211 cm³/mol. The van der Waals surface area contributed by atoms with Crippen LogP contribution in [0.4, 0.5) is 0 Å². The first kappa shape index (κ1) is 14.9. The second kappa shape index (κ2) is 11.5. The van der Waals surface area contributed by atoms with Gasteiger partial charge in [-0.1, -0.05) is 133 Å². The highest BCUT2D eigenvalue weighted by Crippen LogP contribution is 2.38. The summed E-state index contributed by atoms with van der Waals surface area (Å²) in [6.45, 7) is 0. The minimum Gasteiger partial charge on any atom is -0.309 e. The molecule has 0 aliphatic heterocycles. The van der Waals surface area contributed by atoms with E-state index in [9.17, 15) is 8.22 Å². The summed E-state index contributed by atoms with van der Waals surface area (Å²) in [7, 11) is 0. The van der Waals surface area contributed by atoms with E-state index in [1.165, 1.54) is 57.7 Å². The van der Waals surface area contributed by atoms with Gasteiger partial charge in [0.25, 0.3) is 0 Å². The largest absolute Gasteiger partial charge is 0.309 e. The molecule has 0 radical (unpaired) electrons. The summed E-state index contributed by atoms with van der Waals surface area (Å²) in [5.41, 5.74) is -0.0763. The summed E-state index contributed by atoms with van der Waals surface area (Å²) < 4.78 is 181. The van der Waals surface area contributed by atoms with Crippen LogP contribution in [0.25, 0.3) is 88.4 Å². The predicted octanol–water partition coefficient (Wildman–Crippen LogP) is 12.9. The van der Waals surface area contributed by atoms with Crippen LogP contribution in [0.3, 0.4) is 0 Å². The van der Waals surface area contributed by atoms with Crippen molar-refractivity contribution in [2.75, 3.05) is 0 Å². The number of aromatic nitrogens is 2. The number of fused-ring (bicyclic) bond motifs is 6. The Bertz CT molecular complexity index is 3680. The molecule has 0 aliphatic carbocycles. The van der Waals surface area contributed by atoms with Crippen molar-refractivity contribution in [2.45, 2.75) is 0 Å². The number of hydrogen-bond acceptors (Lipinski definition) is 0. The van der Waals surface area contributed by atoms with E-state index in [0.29, 0.717) is 11.1 Å². The Kier molecular flexibility index (Phi) is 3.42. The zero-order valence-corrected chi connectivity index (χ0v) is 25.8. The lowest BCUT2D eigenvalue weighted by Crippen LogP contribution is -1.94. The van der Waals surface area contributed by atoms with Gasteiger partial charge in [0, 0.05) is 32.9 Å². The van der Waals surface area contributed by atoms with Crippen molar-refractivity contribution in [3.8, 4) is 44.8 Å². The van der Waals surface area contributed by atoms with Crippen LogP contribution in [-0.2, 0) is 0 Å². The van der Waals surface area contributed by atoms with E-state index < -0.39 is 95.7 Å². The molecule has 8 aromatic carbocycles. The quantitative estimate of drug-likeness (QED) is 0.174. The molecule has 0 unspecified atom stereocenters. The van der Waals surface area contributed by atoms with Crippen molar-refractivity contribution >= 4 is 43.6 Å². The van der Waals surface area contributed by atoms with Crippen LogP contribution in [0.2, 0.25) is 0 Å². The molecule has 10 aromatic rings. The fourth-order valence-corrected chi connectivity index (χ4v) is 6.31. The Morgan fingerprint density at radius 2 is 0.680 bits per heavy atom. The maximum absolute atomic E-state index is 9.80. The van der Waals surface area contributed by atoms with Crippen molar-refractivity contribution in [3.05, 3.63) is 194 Å². The van der Waals surface area contributed by atoms with Crippen LogP contribution >= 0.6 is 0 Å². The van der Waals surface area contributed by atoms with Crippen LogP contribution in [0.1, 0.15) is 27.4 Å². The molecule has 0 spiro atoms. The van der Waals surface area contributed by atoms with Gasteiger partial charge in [0.2, 0.25) is 0 Å². The summed E-state index contributed by atoms with van der Waals surface area (Å²) >= 11 is 0. The molecule has 10 rings (SSSR count). The lowest BCUT2D eigenvalue weighted by atomic mass is 10.0. The summed E-state index contributed by atoms with van der Waals surface area (Å²) in [4.78, 5) is 0. The van der Waals surface area contributed by atoms with Crippen molar-refractivity contribution in [1.29, 1.82) is 0 Å². The third kappa shape index (κ3) is 4.57. The van der Waals surface area contributed by atoms with Gasteiger partial charge in [0.05, 0.1) is 49.5 Å². The molecule has 0 fully saturated rings. The zero-order chi connectivity index (χ0) is 50.4. The highest BCUT2D eigenvalue weighted by molar-refractivity contribution is 6.12. The standard InChI is InChI=1S/C48H32N2/c1-3-11-33(12-4-1)35-19-25-39(26-20-35)49-45-17-9-7-15-41(45)43-31-37(23-29-47(43)49)38-24-30-48-44(32-38)42-16-8-10-18-46(42)50(48)40-27-21-36(22-28-40)34-13-5-2-6-14-34/h1-32H/i1D,2D,7D,8D,9D,10D,11D,12D,13D,14D,15D,16D,17D,18D,23D,24D,29D,30D,31D,32D. The Balaban J connectivity index is 1.28. The highest BCUT2D eigenvalue weighted by atomic mass is 15.0. The van der Waals surface area contributed by atoms with Gasteiger partial charge in [-0.25, -0.2) is 0 Å². The monoisotopic (exact) mass is 656 g/mol. The minimum absolute atomic E-state index is 0.0200. The molecule has 2 aromatic heterocycles. The summed E-state index contributed by atoms with van der Waals surface area (Å²) in [5, 5.41) is -0.923. The van der Waals surface area contributed by atoms with Gasteiger partial charge in [-0.3, -0.25) is 0 Å². The van der Waals surface area contributed by atoms with Crippen LogP contribution in [0.5, 0.6) is 0 Å². The lowest BCUT2D eigenvalue weighted by molar-refractivity contribution is 1.18. The van der Waals surface area contributed by atoms with Gasteiger partial charge in [-0.05, 0) is 93.9 Å². The van der Waals surface area contributed by atoms with Crippen LogP contribution < -0.4 is 0 Å². The van der Waals surface area contributed by atoms with Crippen LogP contribution in [0.15, 0.2) is 194 Å². The molecule has 50 heavy (non-hydrogen) atoms. The molecule has 234 valence electrons. The molecule has 0 N–H and O–H groups in total. The molecule has 0 saturated heterocycles. The van der Waals surface area contributed by atoms with Gasteiger partial charge in [0.15, 0.2) is 0 Å². The summed E-state index contributed by atoms with van der Waals surface area (Å²) in [5.74, 6) is 0. The lowest BCUT2D eigenvalue weighted by Gasteiger charge is -2.11. The number of benzene rings is 8. The Morgan fingerprint density at radius 3 is 1.10 bits per heavy atom. The van der Waals surface area contributed by atoms with E-state index in [0.717, 1.165) is 0 Å². The maximum Gasteiger partial charge on any atom is 0.0645 e. The first-order valence-electron chi connectivity index (χ1n) is 25.5. The molecule has 2 heteroatoms. The maximum atomic E-state index is 9.80. The topological polar surface area (TPSA) is 9.86 Å². The van der Waals surface area contributed by atoms with Gasteiger partial charge in [-0.2, -0.15) is 0 Å². The van der Waals surface area contributed by atoms with E-state index >= 15 is 0 Å². The average molecular weight is 657 g/mol. The number of para-hydroxylation sites is 2. The molecular weight excluding hydrogens is 605 g/mol. The molecule has 2 nitrogen and oxygen atoms in total. The van der Waals surface area contributed by atoms with E-state index in [2.05, 4.69) is 0 Å². The second-order valence-electron chi connectivity index (χ2n) is 11.4. The van der Waals surface area contributed by atoms with Crippen molar-refractivity contribution in [1.82, 2.24) is 9.13 Å². The molecule has 0 atom stereocenters. The normalized spacial score (nSPS) is 17.2. The molecular formula is C48H32N2. The first-order valence-corrected chi connectivity index (χ1v) is 15.5. The summed E-state index contributed by atoms with van der Waals surface area (Å²) in [6, 6.07) is 8.27. The van der Waals surface area contributed by atoms with Gasteiger partial charge in [0.1, 0.15) is 0 Å². The molecule has 0 aliphatic rings. The number of rotatable bonds is 5. The first-order chi connectivity index (χ1) is 33.1. The molecule has 0 bridgehead atoms. The summed E-state index contributed by atoms with van der Waals surface area (Å²) in [6.07, 6.45) is 0. The zero-order valence-electron chi connectivity index (χ0n) is 45.8. The fraction of sp³-hybridized carbons (Fsp3) is 0. The third-order valence-electron chi connectivity index (χ3n) is 8.59. The van der Waals surface area contributed by atoms with Crippen molar-refractivity contribution in [2.24, 2.45) is 0 Å². The minimum atomic E-state index is -0.718. The van der Waals surface area contributed by atoms with Crippen LogP contribution in [-0.4, -0.2) is 9.13 Å². The van der Waals surface area contributed by atoms with Crippen molar-refractivity contribution < 1.29 is 27.4 Å². The Hall–Kier alpha value is -6.64. The number of hydrogen-bond donors (Lipinski definition) is 0. The van der Waals surface area contributed by atoms with E-state index in [4.69, 9.17) is 19.2 Å². The molecule has 0 saturated carbocycles. The molecule has 0 amide bonds. The smallest absolute Gasteiger partial charge is 0.0645 e. The van der Waals surface area contributed by atoms with Gasteiger partial charge in [-0.15, -0.1) is 0 Å². The van der Waals surface area contributed by atoms with E-state index in [-0.39, 0.29) is 102 Å². The number of nitrogens with zero attached hydrogens (tertiary/aromatic N) is 2. The Labute approximate surface area is 318 Å². The Morgan fingerprint density at radius 1 is 0.300 bits per heavy atom. The third-order valence-corrected chi connectivity index (χ3v) is 8.59. The highest BCUT2D eigenvalue weighted by Gasteiger charge is 2.16. The van der Waals surface area contributed by atoms with Gasteiger partial charge < -0.3 is 9.13 Å². The second-order valence-corrected chi connectivity index (χ2v) is 11.4. The fourth-order valence-electron chi connectivity index (χ4n) is 6.31. The molecule has 2 heterocycles. The van der Waals surface area contributed by atoms with E-state index in [1.54, 1.807) is 24.3 Å². The van der Waals surface area contributed by atoms with E-state index in [1.807, 2.05) is 0 Å². The SMILES string of the molecule is [2H]c1cc([2H])c(-c2ccc(-n3c4c([2H])c([2H])c([2H])c([2H])c4c4c([2H])c(-c5c([2H])c([2H])c6c(c5[2H])c5c([2H])c([2H])c([2H])c([2H])c5n6-c5ccc(-c6c([2H])cc([2H])cc6[2H])cc5)c([2H])c([2H])c43)cc2)c([2H])c1. The average Bonchev–Trinajstić information content (AvgIpc) is 3.87. The van der Waals surface area contributed by atoms with Crippen molar-refractivity contribution in [3.63, 3.8) is 0 Å². The van der Waals surface area contributed by atoms with Gasteiger partial charge >= 0.3 is 0 Å².